The summed E-state index contributed by atoms with van der Waals surface area (Å²) in [6.07, 6.45) is 0. The highest BCUT2D eigenvalue weighted by molar-refractivity contribution is 7.95. The molecule has 0 aromatic heterocycles. The summed E-state index contributed by atoms with van der Waals surface area (Å²) >= 11 is 0. The van der Waals surface area contributed by atoms with Crippen molar-refractivity contribution in [3.05, 3.63) is 35.7 Å². The standard InChI is InChI=1S/C9H10O3S/c1-7(2)13(11,12)9-5-3-4-8(10)6-9/h3-6,10H,1H2,2H3. The maximum atomic E-state index is 11.5. The molecule has 0 amide bonds. The Morgan fingerprint density at radius 3 is 2.54 bits per heavy atom. The fourth-order valence-corrected chi connectivity index (χ4v) is 1.79. The van der Waals surface area contributed by atoms with Crippen LogP contribution in [0.15, 0.2) is 40.6 Å². The molecule has 1 aromatic rings. The Morgan fingerprint density at radius 2 is 2.08 bits per heavy atom. The van der Waals surface area contributed by atoms with Crippen molar-refractivity contribution in [1.29, 1.82) is 0 Å². The summed E-state index contributed by atoms with van der Waals surface area (Å²) in [7, 11) is -3.45. The number of rotatable bonds is 2. The Balaban J connectivity index is 3.32. The van der Waals surface area contributed by atoms with Crippen LogP contribution >= 0.6 is 0 Å². The quantitative estimate of drug-likeness (QED) is 0.786. The van der Waals surface area contributed by atoms with Crippen molar-refractivity contribution in [1.82, 2.24) is 0 Å². The molecule has 0 aliphatic carbocycles. The van der Waals surface area contributed by atoms with E-state index in [2.05, 4.69) is 6.58 Å². The Bertz CT molecular complexity index is 432. The first-order chi connectivity index (χ1) is 5.94. The van der Waals surface area contributed by atoms with Crippen LogP contribution in [-0.4, -0.2) is 13.5 Å². The zero-order valence-corrected chi connectivity index (χ0v) is 8.00. The molecular weight excluding hydrogens is 188 g/mol. The number of hydrogen-bond donors (Lipinski definition) is 1. The van der Waals surface area contributed by atoms with Gasteiger partial charge in [0.15, 0.2) is 0 Å². The molecule has 0 atom stereocenters. The maximum Gasteiger partial charge on any atom is 0.202 e. The third-order valence-electron chi connectivity index (χ3n) is 1.59. The summed E-state index contributed by atoms with van der Waals surface area (Å²) in [5.74, 6) is -0.0673. The molecule has 1 aromatic carbocycles. The molecule has 0 saturated heterocycles. The normalized spacial score (nSPS) is 11.2. The first kappa shape index (κ1) is 9.80. The molecule has 1 N–H and O–H groups in total. The van der Waals surface area contributed by atoms with Crippen LogP contribution in [0.3, 0.4) is 0 Å². The number of aromatic hydroxyl groups is 1. The van der Waals surface area contributed by atoms with Crippen molar-refractivity contribution in [2.75, 3.05) is 0 Å². The van der Waals surface area contributed by atoms with Crippen molar-refractivity contribution in [3.8, 4) is 5.75 Å². The predicted molar refractivity (Wildman–Crippen MR) is 50.1 cm³/mol. The lowest BCUT2D eigenvalue weighted by Gasteiger charge is -2.02. The Hall–Kier alpha value is -1.29. The van der Waals surface area contributed by atoms with E-state index in [0.29, 0.717) is 0 Å². The molecule has 4 heteroatoms. The van der Waals surface area contributed by atoms with Gasteiger partial charge in [-0.15, -0.1) is 0 Å². The van der Waals surface area contributed by atoms with Gasteiger partial charge in [0.25, 0.3) is 0 Å². The van der Waals surface area contributed by atoms with Gasteiger partial charge in [-0.3, -0.25) is 0 Å². The maximum absolute atomic E-state index is 11.5. The van der Waals surface area contributed by atoms with Crippen LogP contribution in [0.2, 0.25) is 0 Å². The van der Waals surface area contributed by atoms with Gasteiger partial charge < -0.3 is 5.11 Å². The second kappa shape index (κ2) is 3.22. The molecule has 0 spiro atoms. The molecule has 0 radical (unpaired) electrons. The third kappa shape index (κ3) is 1.89. The number of allylic oxidation sites excluding steroid dienone is 1. The van der Waals surface area contributed by atoms with E-state index in [4.69, 9.17) is 5.11 Å². The molecule has 0 bridgehead atoms. The number of sulfone groups is 1. The van der Waals surface area contributed by atoms with E-state index < -0.39 is 9.84 Å². The van der Waals surface area contributed by atoms with Crippen LogP contribution in [0, 0.1) is 0 Å². The molecule has 0 aliphatic rings. The Labute approximate surface area is 77.3 Å². The minimum Gasteiger partial charge on any atom is -0.508 e. The lowest BCUT2D eigenvalue weighted by atomic mass is 10.3. The van der Waals surface area contributed by atoms with Crippen LogP contribution in [-0.2, 0) is 9.84 Å². The first-order valence-electron chi connectivity index (χ1n) is 3.64. The van der Waals surface area contributed by atoms with Crippen molar-refractivity contribution < 1.29 is 13.5 Å². The van der Waals surface area contributed by atoms with Gasteiger partial charge in [0, 0.05) is 4.91 Å². The molecule has 0 aliphatic heterocycles. The summed E-state index contributed by atoms with van der Waals surface area (Å²) in [6, 6.07) is 5.51. The number of phenols is 1. The summed E-state index contributed by atoms with van der Waals surface area (Å²) < 4.78 is 22.9. The third-order valence-corrected chi connectivity index (χ3v) is 3.38. The fourth-order valence-electron chi connectivity index (χ4n) is 0.852. The molecule has 70 valence electrons. The lowest BCUT2D eigenvalue weighted by Crippen LogP contribution is -2.00. The summed E-state index contributed by atoms with van der Waals surface area (Å²) in [5.41, 5.74) is 0. The summed E-state index contributed by atoms with van der Waals surface area (Å²) in [4.78, 5) is 0.137. The summed E-state index contributed by atoms with van der Waals surface area (Å²) in [5, 5.41) is 9.06. The van der Waals surface area contributed by atoms with E-state index in [1.54, 1.807) is 0 Å². The van der Waals surface area contributed by atoms with Crippen LogP contribution in [0.25, 0.3) is 0 Å². The van der Waals surface area contributed by atoms with Gasteiger partial charge >= 0.3 is 0 Å². The monoisotopic (exact) mass is 198 g/mol. The largest absolute Gasteiger partial charge is 0.508 e. The minimum atomic E-state index is -3.45. The van der Waals surface area contributed by atoms with E-state index in [1.807, 2.05) is 0 Å². The smallest absolute Gasteiger partial charge is 0.202 e. The van der Waals surface area contributed by atoms with Crippen LogP contribution in [0.1, 0.15) is 6.92 Å². The SMILES string of the molecule is C=C(C)S(=O)(=O)c1cccc(O)c1. The van der Waals surface area contributed by atoms with Crippen LogP contribution in [0.4, 0.5) is 0 Å². The molecular formula is C9H10O3S. The van der Waals surface area contributed by atoms with Crippen molar-refractivity contribution in [2.24, 2.45) is 0 Å². The van der Waals surface area contributed by atoms with E-state index in [-0.39, 0.29) is 15.6 Å². The van der Waals surface area contributed by atoms with Gasteiger partial charge in [0.2, 0.25) is 9.84 Å². The average Bonchev–Trinajstić information content (AvgIpc) is 2.04. The Morgan fingerprint density at radius 1 is 1.46 bits per heavy atom. The molecule has 0 fully saturated rings. The van der Waals surface area contributed by atoms with Gasteiger partial charge in [0.05, 0.1) is 4.90 Å². The highest BCUT2D eigenvalue weighted by Gasteiger charge is 2.14. The average molecular weight is 198 g/mol. The molecule has 0 unspecified atom stereocenters. The predicted octanol–water partition coefficient (Wildman–Crippen LogP) is 1.70. The first-order valence-corrected chi connectivity index (χ1v) is 5.12. The van der Waals surface area contributed by atoms with Gasteiger partial charge in [-0.25, -0.2) is 8.42 Å². The zero-order valence-electron chi connectivity index (χ0n) is 7.19. The summed E-state index contributed by atoms with van der Waals surface area (Å²) in [6.45, 7) is 4.78. The highest BCUT2D eigenvalue weighted by atomic mass is 32.2. The van der Waals surface area contributed by atoms with Crippen molar-refractivity contribution in [3.63, 3.8) is 0 Å². The van der Waals surface area contributed by atoms with Crippen molar-refractivity contribution in [2.45, 2.75) is 11.8 Å². The molecule has 1 rings (SSSR count). The zero-order chi connectivity index (χ0) is 10.1. The van der Waals surface area contributed by atoms with Gasteiger partial charge in [-0.2, -0.15) is 0 Å². The van der Waals surface area contributed by atoms with E-state index >= 15 is 0 Å². The van der Waals surface area contributed by atoms with E-state index in [0.717, 1.165) is 0 Å². The minimum absolute atomic E-state index is 0.0673. The fraction of sp³-hybridized carbons (Fsp3) is 0.111. The molecule has 13 heavy (non-hydrogen) atoms. The Kier molecular flexibility index (Phi) is 2.43. The van der Waals surface area contributed by atoms with Crippen LogP contribution < -0.4 is 0 Å². The number of hydrogen-bond acceptors (Lipinski definition) is 3. The molecule has 0 heterocycles. The van der Waals surface area contributed by atoms with Gasteiger partial charge in [-0.05, 0) is 25.1 Å². The van der Waals surface area contributed by atoms with Crippen LogP contribution in [0.5, 0.6) is 5.75 Å². The second-order valence-electron chi connectivity index (χ2n) is 2.70. The van der Waals surface area contributed by atoms with Gasteiger partial charge in [0.1, 0.15) is 5.75 Å². The molecule has 0 saturated carbocycles. The lowest BCUT2D eigenvalue weighted by molar-refractivity contribution is 0.473. The van der Waals surface area contributed by atoms with E-state index in [9.17, 15) is 8.42 Å². The van der Waals surface area contributed by atoms with E-state index in [1.165, 1.54) is 31.2 Å². The number of phenolic OH excluding ortho intramolecular Hbond substituents is 1. The second-order valence-corrected chi connectivity index (χ2v) is 4.88. The number of benzene rings is 1. The topological polar surface area (TPSA) is 54.4 Å². The highest BCUT2D eigenvalue weighted by Crippen LogP contribution is 2.20. The van der Waals surface area contributed by atoms with Crippen molar-refractivity contribution >= 4 is 9.84 Å². The molecule has 3 nitrogen and oxygen atoms in total. The van der Waals surface area contributed by atoms with Gasteiger partial charge in [-0.1, -0.05) is 12.6 Å².